The smallest absolute Gasteiger partial charge is 0.403 e. The standard InChI is InChI=1S/C19H16F3N3O4S/c1-2-30(27,28)15-9-3-12(4-10-15)11-16(26)23-18-25-24-17(29-18)13-5-7-14(8-6-13)19(20,21)22/h3-10H,2,11H2,1H3,(H,23,25,26). The number of hydrogen-bond donors (Lipinski definition) is 1. The first kappa shape index (κ1) is 21.5. The van der Waals surface area contributed by atoms with Gasteiger partial charge in [0.2, 0.25) is 11.8 Å². The Bertz CT molecular complexity index is 1140. The van der Waals surface area contributed by atoms with Crippen LogP contribution in [0.1, 0.15) is 18.1 Å². The van der Waals surface area contributed by atoms with Crippen LogP contribution in [0.4, 0.5) is 19.2 Å². The van der Waals surface area contributed by atoms with Crippen LogP contribution in [0.3, 0.4) is 0 Å². The number of nitrogens with one attached hydrogen (secondary N) is 1. The first-order valence-corrected chi connectivity index (χ1v) is 10.4. The first-order chi connectivity index (χ1) is 14.1. The first-order valence-electron chi connectivity index (χ1n) is 8.71. The largest absolute Gasteiger partial charge is 0.416 e. The minimum absolute atomic E-state index is 0.0226. The van der Waals surface area contributed by atoms with Gasteiger partial charge in [0.15, 0.2) is 9.84 Å². The number of aromatic nitrogens is 2. The van der Waals surface area contributed by atoms with Gasteiger partial charge in [0.05, 0.1) is 22.6 Å². The van der Waals surface area contributed by atoms with E-state index in [9.17, 15) is 26.4 Å². The van der Waals surface area contributed by atoms with Crippen LogP contribution in [0.5, 0.6) is 0 Å². The Balaban J connectivity index is 1.64. The maximum atomic E-state index is 12.6. The molecule has 1 heterocycles. The third kappa shape index (κ3) is 5.03. The molecule has 7 nitrogen and oxygen atoms in total. The number of sulfone groups is 1. The van der Waals surface area contributed by atoms with Gasteiger partial charge in [0.25, 0.3) is 0 Å². The Morgan fingerprint density at radius 3 is 2.23 bits per heavy atom. The zero-order chi connectivity index (χ0) is 21.9. The zero-order valence-corrected chi connectivity index (χ0v) is 16.4. The third-order valence-electron chi connectivity index (χ3n) is 4.16. The van der Waals surface area contributed by atoms with E-state index in [1.54, 1.807) is 6.92 Å². The van der Waals surface area contributed by atoms with Crippen molar-refractivity contribution in [2.45, 2.75) is 24.4 Å². The Kier molecular flexibility index (Phi) is 5.92. The lowest BCUT2D eigenvalue weighted by atomic mass is 10.1. The predicted molar refractivity (Wildman–Crippen MR) is 101 cm³/mol. The number of benzene rings is 2. The molecule has 0 radical (unpaired) electrons. The van der Waals surface area contributed by atoms with Crippen molar-refractivity contribution in [3.63, 3.8) is 0 Å². The summed E-state index contributed by atoms with van der Waals surface area (Å²) in [5, 5.41) is 9.75. The Morgan fingerprint density at radius 1 is 1.03 bits per heavy atom. The summed E-state index contributed by atoms with van der Waals surface area (Å²) in [5.41, 5.74) is 0.0331. The van der Waals surface area contributed by atoms with Gasteiger partial charge in [0.1, 0.15) is 0 Å². The highest BCUT2D eigenvalue weighted by atomic mass is 32.2. The molecule has 158 valence electrons. The van der Waals surface area contributed by atoms with E-state index in [0.29, 0.717) is 5.56 Å². The summed E-state index contributed by atoms with van der Waals surface area (Å²) in [6.45, 7) is 1.54. The van der Waals surface area contributed by atoms with Crippen molar-refractivity contribution in [3.05, 3.63) is 59.7 Å². The van der Waals surface area contributed by atoms with Crippen molar-refractivity contribution in [1.82, 2.24) is 10.2 Å². The van der Waals surface area contributed by atoms with E-state index in [0.717, 1.165) is 12.1 Å². The highest BCUT2D eigenvalue weighted by Crippen LogP contribution is 2.30. The molecule has 3 aromatic rings. The SMILES string of the molecule is CCS(=O)(=O)c1ccc(CC(=O)Nc2nnc(-c3ccc(C(F)(F)F)cc3)o2)cc1. The average molecular weight is 439 g/mol. The van der Waals surface area contributed by atoms with Crippen molar-refractivity contribution in [3.8, 4) is 11.5 Å². The van der Waals surface area contributed by atoms with Crippen molar-refractivity contribution in [2.24, 2.45) is 0 Å². The molecule has 1 amide bonds. The fraction of sp³-hybridized carbons (Fsp3) is 0.211. The van der Waals surface area contributed by atoms with Crippen LogP contribution >= 0.6 is 0 Å². The fourth-order valence-electron chi connectivity index (χ4n) is 2.52. The van der Waals surface area contributed by atoms with E-state index in [4.69, 9.17) is 4.42 Å². The molecule has 0 atom stereocenters. The molecule has 1 N–H and O–H groups in total. The number of nitrogens with zero attached hydrogens (tertiary/aromatic N) is 2. The predicted octanol–water partition coefficient (Wildman–Crippen LogP) is 3.73. The summed E-state index contributed by atoms with van der Waals surface area (Å²) < 4.78 is 66.7. The van der Waals surface area contributed by atoms with E-state index in [2.05, 4.69) is 15.5 Å². The summed E-state index contributed by atoms with van der Waals surface area (Å²) >= 11 is 0. The molecule has 0 saturated carbocycles. The third-order valence-corrected chi connectivity index (χ3v) is 5.91. The van der Waals surface area contributed by atoms with Gasteiger partial charge in [-0.1, -0.05) is 24.2 Å². The monoisotopic (exact) mass is 439 g/mol. The van der Waals surface area contributed by atoms with Gasteiger partial charge < -0.3 is 4.42 Å². The van der Waals surface area contributed by atoms with Gasteiger partial charge in [-0.25, -0.2) is 8.42 Å². The lowest BCUT2D eigenvalue weighted by Crippen LogP contribution is -2.14. The van der Waals surface area contributed by atoms with E-state index in [-0.39, 0.29) is 34.5 Å². The highest BCUT2D eigenvalue weighted by Gasteiger charge is 2.30. The van der Waals surface area contributed by atoms with Crippen molar-refractivity contribution in [2.75, 3.05) is 11.1 Å². The molecule has 0 aliphatic rings. The zero-order valence-electron chi connectivity index (χ0n) is 15.6. The molecule has 0 saturated heterocycles. The number of anilines is 1. The van der Waals surface area contributed by atoms with Crippen molar-refractivity contribution >= 4 is 21.8 Å². The number of halogens is 3. The molecule has 0 aliphatic heterocycles. The van der Waals surface area contributed by atoms with Gasteiger partial charge in [-0.15, -0.1) is 5.10 Å². The van der Waals surface area contributed by atoms with Gasteiger partial charge in [-0.2, -0.15) is 13.2 Å². The maximum absolute atomic E-state index is 12.6. The summed E-state index contributed by atoms with van der Waals surface area (Å²) in [4.78, 5) is 12.3. The summed E-state index contributed by atoms with van der Waals surface area (Å²) in [7, 11) is -3.32. The molecule has 30 heavy (non-hydrogen) atoms. The molecule has 0 bridgehead atoms. The second-order valence-corrected chi connectivity index (χ2v) is 8.54. The minimum Gasteiger partial charge on any atom is -0.403 e. The van der Waals surface area contributed by atoms with Gasteiger partial charge >= 0.3 is 12.2 Å². The van der Waals surface area contributed by atoms with Gasteiger partial charge in [0, 0.05) is 5.56 Å². The second-order valence-electron chi connectivity index (χ2n) is 6.26. The van der Waals surface area contributed by atoms with E-state index < -0.39 is 27.5 Å². The average Bonchev–Trinajstić information content (AvgIpc) is 3.16. The van der Waals surface area contributed by atoms with Crippen LogP contribution in [0.15, 0.2) is 57.8 Å². The van der Waals surface area contributed by atoms with Crippen molar-refractivity contribution in [1.29, 1.82) is 0 Å². The summed E-state index contributed by atoms with van der Waals surface area (Å²) in [6, 6.07) is 9.86. The minimum atomic E-state index is -4.45. The molecule has 11 heteroatoms. The lowest BCUT2D eigenvalue weighted by molar-refractivity contribution is -0.137. The van der Waals surface area contributed by atoms with Crippen LogP contribution in [0.2, 0.25) is 0 Å². The van der Waals surface area contributed by atoms with Crippen LogP contribution in [-0.4, -0.2) is 30.3 Å². The molecule has 0 unspecified atom stereocenters. The molecule has 0 fully saturated rings. The van der Waals surface area contributed by atoms with E-state index in [1.807, 2.05) is 0 Å². The summed E-state index contributed by atoms with van der Waals surface area (Å²) in [5.74, 6) is -0.553. The molecule has 0 aliphatic carbocycles. The molecule has 2 aromatic carbocycles. The number of carbonyl (C=O) groups is 1. The number of rotatable bonds is 6. The van der Waals surface area contributed by atoms with Crippen LogP contribution < -0.4 is 5.32 Å². The quantitative estimate of drug-likeness (QED) is 0.628. The van der Waals surface area contributed by atoms with Gasteiger partial charge in [-0.05, 0) is 42.0 Å². The molecular weight excluding hydrogens is 423 g/mol. The molecule has 3 rings (SSSR count). The maximum Gasteiger partial charge on any atom is 0.416 e. The van der Waals surface area contributed by atoms with E-state index >= 15 is 0 Å². The second kappa shape index (κ2) is 8.27. The van der Waals surface area contributed by atoms with Crippen LogP contribution in [0, 0.1) is 0 Å². The molecule has 1 aromatic heterocycles. The highest BCUT2D eigenvalue weighted by molar-refractivity contribution is 7.91. The number of hydrogen-bond acceptors (Lipinski definition) is 6. The Morgan fingerprint density at radius 2 is 1.67 bits per heavy atom. The molecular formula is C19H16F3N3O4S. The van der Waals surface area contributed by atoms with E-state index in [1.165, 1.54) is 36.4 Å². The van der Waals surface area contributed by atoms with Gasteiger partial charge in [-0.3, -0.25) is 10.1 Å². The normalized spacial score (nSPS) is 12.0. The van der Waals surface area contributed by atoms with Crippen LogP contribution in [0.25, 0.3) is 11.5 Å². The molecule has 0 spiro atoms. The van der Waals surface area contributed by atoms with Crippen molar-refractivity contribution < 1.29 is 30.8 Å². The Labute approximate surface area is 169 Å². The number of alkyl halides is 3. The summed E-state index contributed by atoms with van der Waals surface area (Å²) in [6.07, 6.45) is -4.52. The topological polar surface area (TPSA) is 102 Å². The number of carbonyl (C=O) groups excluding carboxylic acids is 1. The van der Waals surface area contributed by atoms with Crippen LogP contribution in [-0.2, 0) is 27.2 Å². The number of amides is 1. The lowest BCUT2D eigenvalue weighted by Gasteiger charge is -2.06. The fourth-order valence-corrected chi connectivity index (χ4v) is 3.41. The Hall–Kier alpha value is -3.21.